The fourth-order valence-electron chi connectivity index (χ4n) is 3.84. The number of nitrogens with one attached hydrogen (secondary N) is 1. The first-order valence-electron chi connectivity index (χ1n) is 10.3. The molecule has 9 nitrogen and oxygen atoms in total. The lowest BCUT2D eigenvalue weighted by Gasteiger charge is -2.07. The number of H-pyrrole nitrogens is 1. The minimum Gasteiger partial charge on any atom is -0.454 e. The Morgan fingerprint density at radius 1 is 0.971 bits per heavy atom. The van der Waals surface area contributed by atoms with Crippen molar-refractivity contribution in [1.82, 2.24) is 19.7 Å². The van der Waals surface area contributed by atoms with E-state index in [0.29, 0.717) is 44.4 Å². The average Bonchev–Trinajstić information content (AvgIpc) is 3.51. The van der Waals surface area contributed by atoms with Gasteiger partial charge in [0.1, 0.15) is 0 Å². The normalized spacial score (nSPS) is 12.4. The molecule has 0 amide bonds. The van der Waals surface area contributed by atoms with Crippen molar-refractivity contribution in [2.75, 3.05) is 6.79 Å². The number of aromatic nitrogens is 4. The Hall–Kier alpha value is -4.37. The Morgan fingerprint density at radius 3 is 2.71 bits per heavy atom. The zero-order chi connectivity index (χ0) is 23.2. The second-order valence-corrected chi connectivity index (χ2v) is 8.14. The van der Waals surface area contributed by atoms with E-state index in [1.807, 2.05) is 6.07 Å². The summed E-state index contributed by atoms with van der Waals surface area (Å²) in [4.78, 5) is 32.9. The van der Waals surface area contributed by atoms with Gasteiger partial charge in [0.2, 0.25) is 12.6 Å². The van der Waals surface area contributed by atoms with Crippen molar-refractivity contribution < 1.29 is 14.0 Å². The molecule has 0 radical (unpaired) electrons. The Balaban J connectivity index is 1.35. The lowest BCUT2D eigenvalue weighted by molar-refractivity contribution is 0.174. The van der Waals surface area contributed by atoms with Gasteiger partial charge in [0.15, 0.2) is 11.5 Å². The fraction of sp³-hybridized carbons (Fsp3) is 0.0833. The number of halogens is 1. The molecular formula is C24H15ClN4O5. The second-order valence-electron chi connectivity index (χ2n) is 7.70. The Kier molecular flexibility index (Phi) is 4.70. The molecule has 0 fully saturated rings. The van der Waals surface area contributed by atoms with E-state index in [0.717, 1.165) is 10.1 Å². The van der Waals surface area contributed by atoms with Crippen molar-refractivity contribution in [2.24, 2.45) is 0 Å². The maximum Gasteiger partial charge on any atom is 0.329 e. The fourth-order valence-corrected chi connectivity index (χ4v) is 4.06. The standard InChI is InChI=1S/C24H15ClN4O5/c25-16-3-1-2-13(8-16)11-29-23(30)17-6-4-15(9-18(17)26-24(29)31)22-27-21(28-34-22)14-5-7-19-20(10-14)33-12-32-19/h1-10H,11-12H2,(H,26,31). The quantitative estimate of drug-likeness (QED) is 0.421. The molecule has 1 aliphatic rings. The van der Waals surface area contributed by atoms with Crippen LogP contribution in [0, 0.1) is 0 Å². The van der Waals surface area contributed by atoms with Crippen LogP contribution in [0.1, 0.15) is 5.56 Å². The second kappa shape index (κ2) is 7.89. The summed E-state index contributed by atoms with van der Waals surface area (Å²) in [6.45, 7) is 0.279. The third-order valence-electron chi connectivity index (χ3n) is 5.52. The zero-order valence-corrected chi connectivity index (χ0v) is 18.2. The topological polar surface area (TPSA) is 112 Å². The van der Waals surface area contributed by atoms with Crippen LogP contribution in [0.15, 0.2) is 74.8 Å². The molecule has 6 rings (SSSR count). The first-order chi connectivity index (χ1) is 16.5. The smallest absolute Gasteiger partial charge is 0.329 e. The first kappa shape index (κ1) is 20.3. The summed E-state index contributed by atoms with van der Waals surface area (Å²) >= 11 is 6.02. The first-order valence-corrected chi connectivity index (χ1v) is 10.7. The summed E-state index contributed by atoms with van der Waals surface area (Å²) in [5, 5.41) is 4.94. The van der Waals surface area contributed by atoms with Crippen molar-refractivity contribution in [3.05, 3.63) is 92.1 Å². The number of hydrogen-bond acceptors (Lipinski definition) is 7. The van der Waals surface area contributed by atoms with E-state index >= 15 is 0 Å². The molecule has 0 atom stereocenters. The lowest BCUT2D eigenvalue weighted by atomic mass is 10.1. The minimum atomic E-state index is -0.527. The number of rotatable bonds is 4. The predicted octanol–water partition coefficient (Wildman–Crippen LogP) is 3.84. The van der Waals surface area contributed by atoms with Crippen LogP contribution in [-0.2, 0) is 6.54 Å². The molecule has 34 heavy (non-hydrogen) atoms. The van der Waals surface area contributed by atoms with Gasteiger partial charge in [-0.1, -0.05) is 28.9 Å². The highest BCUT2D eigenvalue weighted by atomic mass is 35.5. The van der Waals surface area contributed by atoms with Crippen molar-refractivity contribution in [1.29, 1.82) is 0 Å². The van der Waals surface area contributed by atoms with E-state index in [-0.39, 0.29) is 19.2 Å². The van der Waals surface area contributed by atoms with Gasteiger partial charge in [-0.25, -0.2) is 4.79 Å². The molecule has 2 aromatic heterocycles. The molecule has 3 heterocycles. The SMILES string of the molecule is O=c1[nH]c2cc(-c3nc(-c4ccc5c(c4)OCO5)no3)ccc2c(=O)n1Cc1cccc(Cl)c1. The number of hydrogen-bond donors (Lipinski definition) is 1. The van der Waals surface area contributed by atoms with Gasteiger partial charge >= 0.3 is 5.69 Å². The summed E-state index contributed by atoms with van der Waals surface area (Å²) in [5.41, 5.74) is 1.46. The highest BCUT2D eigenvalue weighted by Crippen LogP contribution is 2.35. The molecule has 0 aliphatic carbocycles. The zero-order valence-electron chi connectivity index (χ0n) is 17.4. The molecule has 0 bridgehead atoms. The number of ether oxygens (including phenoxy) is 2. The van der Waals surface area contributed by atoms with Crippen molar-refractivity contribution in [2.45, 2.75) is 6.54 Å². The summed E-state index contributed by atoms with van der Waals surface area (Å²) in [7, 11) is 0. The van der Waals surface area contributed by atoms with E-state index < -0.39 is 11.2 Å². The van der Waals surface area contributed by atoms with Crippen molar-refractivity contribution >= 4 is 22.5 Å². The Morgan fingerprint density at radius 2 is 1.82 bits per heavy atom. The minimum absolute atomic E-state index is 0.106. The number of fused-ring (bicyclic) bond motifs is 2. The molecule has 10 heteroatoms. The predicted molar refractivity (Wildman–Crippen MR) is 124 cm³/mol. The average molecular weight is 475 g/mol. The molecule has 0 unspecified atom stereocenters. The largest absolute Gasteiger partial charge is 0.454 e. The van der Waals surface area contributed by atoms with Gasteiger partial charge in [-0.2, -0.15) is 4.98 Å². The summed E-state index contributed by atoms with van der Waals surface area (Å²) in [6, 6.07) is 17.3. The molecule has 5 aromatic rings. The van der Waals surface area contributed by atoms with Crippen LogP contribution in [0.4, 0.5) is 0 Å². The van der Waals surface area contributed by atoms with Crippen molar-refractivity contribution in [3.8, 4) is 34.3 Å². The Labute approximate surface area is 196 Å². The van der Waals surface area contributed by atoms with Gasteiger partial charge < -0.3 is 19.0 Å². The number of nitrogens with zero attached hydrogens (tertiary/aromatic N) is 3. The van der Waals surface area contributed by atoms with E-state index in [1.165, 1.54) is 0 Å². The molecule has 168 valence electrons. The summed E-state index contributed by atoms with van der Waals surface area (Å²) < 4.78 is 17.3. The third-order valence-corrected chi connectivity index (χ3v) is 5.75. The van der Waals surface area contributed by atoms with Gasteiger partial charge in [-0.15, -0.1) is 0 Å². The lowest BCUT2D eigenvalue weighted by Crippen LogP contribution is -2.35. The van der Waals surface area contributed by atoms with Gasteiger partial charge in [0, 0.05) is 16.1 Å². The van der Waals surface area contributed by atoms with E-state index in [2.05, 4.69) is 15.1 Å². The van der Waals surface area contributed by atoms with Gasteiger partial charge in [0.25, 0.3) is 11.4 Å². The summed E-state index contributed by atoms with van der Waals surface area (Å²) in [5.74, 6) is 1.89. The van der Waals surface area contributed by atoms with Crippen molar-refractivity contribution in [3.63, 3.8) is 0 Å². The molecular weight excluding hydrogens is 460 g/mol. The molecule has 3 aromatic carbocycles. The van der Waals surface area contributed by atoms with Gasteiger partial charge in [-0.05, 0) is 54.1 Å². The highest BCUT2D eigenvalue weighted by molar-refractivity contribution is 6.30. The van der Waals surface area contributed by atoms with Gasteiger partial charge in [0.05, 0.1) is 17.4 Å². The van der Waals surface area contributed by atoms with Crippen LogP contribution in [0.3, 0.4) is 0 Å². The Bertz CT molecular complexity index is 1690. The van der Waals surface area contributed by atoms with E-state index in [1.54, 1.807) is 54.6 Å². The maximum absolute atomic E-state index is 13.0. The molecule has 0 saturated carbocycles. The maximum atomic E-state index is 13.0. The van der Waals surface area contributed by atoms with Crippen LogP contribution in [0.2, 0.25) is 5.02 Å². The molecule has 0 saturated heterocycles. The van der Waals surface area contributed by atoms with E-state index in [4.69, 9.17) is 25.6 Å². The van der Waals surface area contributed by atoms with Crippen LogP contribution < -0.4 is 20.7 Å². The molecule has 1 aliphatic heterocycles. The molecule has 0 spiro atoms. The molecule has 1 N–H and O–H groups in total. The van der Waals surface area contributed by atoms with Crippen LogP contribution >= 0.6 is 11.6 Å². The monoisotopic (exact) mass is 474 g/mol. The number of aromatic amines is 1. The van der Waals surface area contributed by atoms with Crippen LogP contribution in [0.25, 0.3) is 33.7 Å². The van der Waals surface area contributed by atoms with Crippen LogP contribution in [-0.4, -0.2) is 26.5 Å². The summed E-state index contributed by atoms with van der Waals surface area (Å²) in [6.07, 6.45) is 0. The van der Waals surface area contributed by atoms with Crippen LogP contribution in [0.5, 0.6) is 11.5 Å². The van der Waals surface area contributed by atoms with Gasteiger partial charge in [-0.3, -0.25) is 9.36 Å². The highest BCUT2D eigenvalue weighted by Gasteiger charge is 2.18. The third kappa shape index (κ3) is 3.52. The van der Waals surface area contributed by atoms with E-state index in [9.17, 15) is 9.59 Å². The number of benzene rings is 3.